The first-order valence-electron chi connectivity index (χ1n) is 7.60. The van der Waals surface area contributed by atoms with Gasteiger partial charge in [-0.05, 0) is 45.2 Å². The Balaban J connectivity index is 2.39. The summed E-state index contributed by atoms with van der Waals surface area (Å²) < 4.78 is 5.05. The molecule has 0 aromatic heterocycles. The lowest BCUT2D eigenvalue weighted by molar-refractivity contribution is -0.108. The molecule has 0 bridgehead atoms. The van der Waals surface area contributed by atoms with Crippen LogP contribution in [0.1, 0.15) is 33.1 Å². The summed E-state index contributed by atoms with van der Waals surface area (Å²) in [5.74, 6) is 0.139. The molecule has 0 fully saturated rings. The van der Waals surface area contributed by atoms with E-state index < -0.39 is 6.09 Å². The van der Waals surface area contributed by atoms with Gasteiger partial charge in [0.1, 0.15) is 5.02 Å². The number of carbonyl (C=O) groups is 2. The Bertz CT molecular complexity index is 691. The number of nitrogens with zero attached hydrogens (tertiary/aromatic N) is 1. The second kappa shape index (κ2) is 7.45. The van der Waals surface area contributed by atoms with Crippen molar-refractivity contribution in [2.24, 2.45) is 0 Å². The van der Waals surface area contributed by atoms with Crippen LogP contribution in [0.15, 0.2) is 23.8 Å². The summed E-state index contributed by atoms with van der Waals surface area (Å²) in [7, 11) is 1.44. The highest BCUT2D eigenvalue weighted by Gasteiger charge is 2.35. The lowest BCUT2D eigenvalue weighted by Crippen LogP contribution is -2.47. The lowest BCUT2D eigenvalue weighted by Gasteiger charge is -2.42. The summed E-state index contributed by atoms with van der Waals surface area (Å²) >= 11 is 12.6. The van der Waals surface area contributed by atoms with E-state index in [1.165, 1.54) is 18.7 Å². The number of anilines is 1. The van der Waals surface area contributed by atoms with Gasteiger partial charge in [0.2, 0.25) is 6.41 Å². The van der Waals surface area contributed by atoms with Gasteiger partial charge in [-0.3, -0.25) is 4.79 Å². The first-order valence-corrected chi connectivity index (χ1v) is 8.36. The fourth-order valence-corrected chi connectivity index (χ4v) is 3.45. The standard InChI is InChI=1S/C17H20Cl2N2O3/c1-11-5-4-8-17(2,9-11)21(10-22)12-6-7-13(15(19)14(12)18)24-16(23)20-3/h5-7,10H,4,8-9H2,1-3H3,(H,20,23). The number of allylic oxidation sites excluding steroid dienone is 1. The van der Waals surface area contributed by atoms with E-state index in [0.29, 0.717) is 5.69 Å². The molecule has 0 heterocycles. The smallest absolute Gasteiger partial charge is 0.409 e. The third-order valence-electron chi connectivity index (χ3n) is 4.22. The summed E-state index contributed by atoms with van der Waals surface area (Å²) in [6, 6.07) is 3.17. The molecule has 1 atom stereocenters. The Labute approximate surface area is 151 Å². The first kappa shape index (κ1) is 18.6. The Morgan fingerprint density at radius 3 is 2.67 bits per heavy atom. The normalized spacial score (nSPS) is 20.1. The average Bonchev–Trinajstić information content (AvgIpc) is 2.54. The minimum Gasteiger partial charge on any atom is -0.409 e. The van der Waals surface area contributed by atoms with Gasteiger partial charge in [-0.25, -0.2) is 4.79 Å². The van der Waals surface area contributed by atoms with Crippen molar-refractivity contribution < 1.29 is 14.3 Å². The number of ether oxygens (including phenoxy) is 1. The molecule has 0 radical (unpaired) electrons. The molecule has 2 rings (SSSR count). The molecular weight excluding hydrogens is 351 g/mol. The molecule has 0 spiro atoms. The monoisotopic (exact) mass is 370 g/mol. The van der Waals surface area contributed by atoms with E-state index in [4.69, 9.17) is 27.9 Å². The molecule has 24 heavy (non-hydrogen) atoms. The molecule has 1 N–H and O–H groups in total. The average molecular weight is 371 g/mol. The van der Waals surface area contributed by atoms with E-state index in [2.05, 4.69) is 18.3 Å². The molecule has 1 aromatic carbocycles. The van der Waals surface area contributed by atoms with E-state index >= 15 is 0 Å². The summed E-state index contributed by atoms with van der Waals surface area (Å²) in [5.41, 5.74) is 1.35. The van der Waals surface area contributed by atoms with E-state index in [1.807, 2.05) is 6.92 Å². The first-order chi connectivity index (χ1) is 11.3. The van der Waals surface area contributed by atoms with Crippen LogP contribution < -0.4 is 15.0 Å². The predicted molar refractivity (Wildman–Crippen MR) is 96.1 cm³/mol. The highest BCUT2D eigenvalue weighted by molar-refractivity contribution is 6.45. The van der Waals surface area contributed by atoms with Crippen molar-refractivity contribution in [3.8, 4) is 5.75 Å². The van der Waals surface area contributed by atoms with E-state index in [0.717, 1.165) is 25.7 Å². The van der Waals surface area contributed by atoms with Gasteiger partial charge in [-0.1, -0.05) is 34.9 Å². The van der Waals surface area contributed by atoms with Crippen molar-refractivity contribution in [3.63, 3.8) is 0 Å². The summed E-state index contributed by atoms with van der Waals surface area (Å²) in [6.45, 7) is 4.08. The van der Waals surface area contributed by atoms with Gasteiger partial charge in [-0.15, -0.1) is 0 Å². The Morgan fingerprint density at radius 2 is 2.08 bits per heavy atom. The Kier molecular flexibility index (Phi) is 5.78. The third-order valence-corrected chi connectivity index (χ3v) is 5.07. The summed E-state index contributed by atoms with van der Waals surface area (Å²) in [5, 5.41) is 2.61. The fraction of sp³-hybridized carbons (Fsp3) is 0.412. The molecule has 7 heteroatoms. The van der Waals surface area contributed by atoms with Crippen LogP contribution in [-0.2, 0) is 4.79 Å². The maximum Gasteiger partial charge on any atom is 0.412 e. The van der Waals surface area contributed by atoms with Gasteiger partial charge < -0.3 is 15.0 Å². The molecule has 1 aromatic rings. The van der Waals surface area contributed by atoms with Crippen LogP contribution in [0.25, 0.3) is 0 Å². The number of halogens is 2. The van der Waals surface area contributed by atoms with Crippen LogP contribution in [-0.4, -0.2) is 25.1 Å². The highest BCUT2D eigenvalue weighted by Crippen LogP contribution is 2.43. The molecule has 1 aliphatic rings. The van der Waals surface area contributed by atoms with Gasteiger partial charge in [0.05, 0.1) is 10.7 Å². The predicted octanol–water partition coefficient (Wildman–Crippen LogP) is 4.56. The van der Waals surface area contributed by atoms with Crippen LogP contribution >= 0.6 is 23.2 Å². The van der Waals surface area contributed by atoms with Gasteiger partial charge in [0.25, 0.3) is 0 Å². The van der Waals surface area contributed by atoms with Crippen molar-refractivity contribution >= 4 is 41.4 Å². The number of amides is 2. The van der Waals surface area contributed by atoms with Crippen LogP contribution in [0.3, 0.4) is 0 Å². The van der Waals surface area contributed by atoms with Crippen LogP contribution in [0.5, 0.6) is 5.75 Å². The maximum atomic E-state index is 11.8. The number of hydrogen-bond acceptors (Lipinski definition) is 3. The zero-order valence-electron chi connectivity index (χ0n) is 13.9. The Hall–Kier alpha value is -1.72. The molecule has 5 nitrogen and oxygen atoms in total. The van der Waals surface area contributed by atoms with Crippen molar-refractivity contribution in [3.05, 3.63) is 33.8 Å². The number of benzene rings is 1. The van der Waals surface area contributed by atoms with Crippen molar-refractivity contribution in [2.45, 2.75) is 38.6 Å². The minimum absolute atomic E-state index is 0.0938. The molecule has 0 aliphatic heterocycles. The summed E-state index contributed by atoms with van der Waals surface area (Å²) in [6.07, 6.45) is 4.79. The molecule has 130 valence electrons. The van der Waals surface area contributed by atoms with Gasteiger partial charge >= 0.3 is 6.09 Å². The summed E-state index contributed by atoms with van der Waals surface area (Å²) in [4.78, 5) is 24.8. The molecule has 1 unspecified atom stereocenters. The van der Waals surface area contributed by atoms with Crippen molar-refractivity contribution in [2.75, 3.05) is 11.9 Å². The zero-order valence-corrected chi connectivity index (χ0v) is 15.4. The molecule has 1 aliphatic carbocycles. The minimum atomic E-state index is -0.645. The second-order valence-corrected chi connectivity index (χ2v) is 6.84. The van der Waals surface area contributed by atoms with Gasteiger partial charge in [-0.2, -0.15) is 0 Å². The van der Waals surface area contributed by atoms with Gasteiger partial charge in [0, 0.05) is 12.6 Å². The van der Waals surface area contributed by atoms with E-state index in [-0.39, 0.29) is 21.3 Å². The SMILES string of the molecule is CNC(=O)Oc1ccc(N(C=O)C2(C)CCC=C(C)C2)c(Cl)c1Cl. The largest absolute Gasteiger partial charge is 0.412 e. The van der Waals surface area contributed by atoms with Crippen LogP contribution in [0.4, 0.5) is 10.5 Å². The molecule has 2 amide bonds. The Morgan fingerprint density at radius 1 is 1.38 bits per heavy atom. The number of rotatable bonds is 4. The van der Waals surface area contributed by atoms with E-state index in [1.54, 1.807) is 11.0 Å². The van der Waals surface area contributed by atoms with Gasteiger partial charge in [0.15, 0.2) is 5.75 Å². The fourth-order valence-electron chi connectivity index (χ4n) is 3.01. The molecule has 0 saturated carbocycles. The topological polar surface area (TPSA) is 58.6 Å². The second-order valence-electron chi connectivity index (χ2n) is 6.09. The quantitative estimate of drug-likeness (QED) is 0.623. The molecular formula is C17H20Cl2N2O3. The zero-order chi connectivity index (χ0) is 17.9. The highest BCUT2D eigenvalue weighted by atomic mass is 35.5. The van der Waals surface area contributed by atoms with E-state index in [9.17, 15) is 9.59 Å². The van der Waals surface area contributed by atoms with Crippen molar-refractivity contribution in [1.82, 2.24) is 5.32 Å². The number of carbonyl (C=O) groups excluding carboxylic acids is 2. The number of hydrogen-bond donors (Lipinski definition) is 1. The van der Waals surface area contributed by atoms with Crippen LogP contribution in [0, 0.1) is 0 Å². The van der Waals surface area contributed by atoms with Crippen molar-refractivity contribution in [1.29, 1.82) is 0 Å². The van der Waals surface area contributed by atoms with Crippen LogP contribution in [0.2, 0.25) is 10.0 Å². The lowest BCUT2D eigenvalue weighted by atomic mass is 9.82. The maximum absolute atomic E-state index is 11.8. The number of nitrogens with one attached hydrogen (secondary N) is 1. The molecule has 0 saturated heterocycles. The third kappa shape index (κ3) is 3.68.